The van der Waals surface area contributed by atoms with Crippen LogP contribution < -0.4 is 4.90 Å². The largest absolute Gasteiger partial charge is 0.369 e. The van der Waals surface area contributed by atoms with E-state index in [9.17, 15) is 10.1 Å². The summed E-state index contributed by atoms with van der Waals surface area (Å²) in [7, 11) is 0. The Hall–Kier alpha value is -1.58. The molecule has 0 fully saturated rings. The molecule has 80 valence electrons. The van der Waals surface area contributed by atoms with Crippen LogP contribution in [-0.2, 0) is 6.42 Å². The van der Waals surface area contributed by atoms with Crippen molar-refractivity contribution in [3.05, 3.63) is 33.9 Å². The van der Waals surface area contributed by atoms with Crippen LogP contribution in [-0.4, -0.2) is 17.5 Å². The first-order valence-corrected chi connectivity index (χ1v) is 5.17. The molecule has 1 aromatic rings. The number of hydrogen-bond donors (Lipinski definition) is 0. The van der Waals surface area contributed by atoms with Gasteiger partial charge in [0, 0.05) is 30.4 Å². The summed E-state index contributed by atoms with van der Waals surface area (Å²) >= 11 is 0. The monoisotopic (exact) mass is 206 g/mol. The molecule has 0 amide bonds. The van der Waals surface area contributed by atoms with Crippen molar-refractivity contribution in [3.63, 3.8) is 0 Å². The van der Waals surface area contributed by atoms with Gasteiger partial charge in [-0.05, 0) is 31.9 Å². The molecule has 0 saturated carbocycles. The first kappa shape index (κ1) is 9.96. The number of likely N-dealkylation sites (N-methyl/N-ethyl adjacent to an activating group) is 1. The number of benzene rings is 1. The van der Waals surface area contributed by atoms with Crippen LogP contribution in [0.15, 0.2) is 18.2 Å². The van der Waals surface area contributed by atoms with Crippen LogP contribution in [0.1, 0.15) is 19.4 Å². The first-order valence-electron chi connectivity index (χ1n) is 5.17. The quantitative estimate of drug-likeness (QED) is 0.551. The average molecular weight is 206 g/mol. The molecule has 0 radical (unpaired) electrons. The summed E-state index contributed by atoms with van der Waals surface area (Å²) in [6.07, 6.45) is 0.908. The summed E-state index contributed by atoms with van der Waals surface area (Å²) in [5, 5.41) is 10.6. The second-order valence-electron chi connectivity index (χ2n) is 3.91. The predicted molar refractivity (Wildman–Crippen MR) is 59.3 cm³/mol. The Morgan fingerprint density at radius 3 is 2.93 bits per heavy atom. The number of nitro groups is 1. The van der Waals surface area contributed by atoms with Crippen molar-refractivity contribution in [1.82, 2.24) is 0 Å². The van der Waals surface area contributed by atoms with E-state index >= 15 is 0 Å². The van der Waals surface area contributed by atoms with Gasteiger partial charge in [0.1, 0.15) is 0 Å². The Morgan fingerprint density at radius 2 is 2.33 bits per heavy atom. The highest BCUT2D eigenvalue weighted by Gasteiger charge is 2.26. The van der Waals surface area contributed by atoms with Crippen molar-refractivity contribution in [2.45, 2.75) is 26.3 Å². The van der Waals surface area contributed by atoms with Gasteiger partial charge in [-0.2, -0.15) is 0 Å². The number of fused-ring (bicyclic) bond motifs is 1. The molecule has 0 bridgehead atoms. The molecule has 0 spiro atoms. The number of hydrogen-bond acceptors (Lipinski definition) is 3. The van der Waals surface area contributed by atoms with E-state index < -0.39 is 0 Å². The van der Waals surface area contributed by atoms with Crippen molar-refractivity contribution >= 4 is 11.4 Å². The summed E-state index contributed by atoms with van der Waals surface area (Å²) in [5.74, 6) is 0. The molecule has 1 aromatic carbocycles. The van der Waals surface area contributed by atoms with Gasteiger partial charge < -0.3 is 4.90 Å². The first-order chi connectivity index (χ1) is 7.13. The third kappa shape index (κ3) is 1.56. The van der Waals surface area contributed by atoms with Crippen molar-refractivity contribution in [3.8, 4) is 0 Å². The highest BCUT2D eigenvalue weighted by atomic mass is 16.6. The fourth-order valence-electron chi connectivity index (χ4n) is 2.28. The summed E-state index contributed by atoms with van der Waals surface area (Å²) in [6.45, 7) is 5.20. The second kappa shape index (κ2) is 3.53. The normalized spacial score (nSPS) is 19.1. The number of non-ortho nitro benzene ring substituents is 1. The van der Waals surface area contributed by atoms with Gasteiger partial charge in [0.15, 0.2) is 0 Å². The average Bonchev–Trinajstić information content (AvgIpc) is 2.51. The van der Waals surface area contributed by atoms with E-state index in [1.807, 2.05) is 6.07 Å². The highest BCUT2D eigenvalue weighted by molar-refractivity contribution is 5.62. The van der Waals surface area contributed by atoms with Crippen LogP contribution >= 0.6 is 0 Å². The molecular formula is C11H14N2O2. The molecule has 0 saturated heterocycles. The Kier molecular flexibility index (Phi) is 2.34. The Balaban J connectivity index is 2.41. The van der Waals surface area contributed by atoms with Gasteiger partial charge in [0.25, 0.3) is 5.69 Å². The number of nitrogens with zero attached hydrogens (tertiary/aromatic N) is 2. The summed E-state index contributed by atoms with van der Waals surface area (Å²) < 4.78 is 0. The summed E-state index contributed by atoms with van der Waals surface area (Å²) in [4.78, 5) is 12.6. The van der Waals surface area contributed by atoms with E-state index in [0.29, 0.717) is 6.04 Å². The van der Waals surface area contributed by atoms with Crippen LogP contribution in [0.4, 0.5) is 11.4 Å². The third-order valence-electron chi connectivity index (χ3n) is 2.97. The zero-order chi connectivity index (χ0) is 11.0. The predicted octanol–water partition coefficient (Wildman–Crippen LogP) is 2.37. The lowest BCUT2D eigenvalue weighted by Crippen LogP contribution is -2.28. The van der Waals surface area contributed by atoms with Crippen LogP contribution in [0.25, 0.3) is 0 Å². The summed E-state index contributed by atoms with van der Waals surface area (Å²) in [6, 6.07) is 5.59. The Morgan fingerprint density at radius 1 is 1.60 bits per heavy atom. The fourth-order valence-corrected chi connectivity index (χ4v) is 2.28. The maximum absolute atomic E-state index is 10.6. The maximum atomic E-state index is 10.6. The van der Waals surface area contributed by atoms with E-state index in [2.05, 4.69) is 18.7 Å². The molecule has 2 rings (SSSR count). The summed E-state index contributed by atoms with van der Waals surface area (Å²) in [5.41, 5.74) is 2.44. The Bertz CT molecular complexity index is 404. The zero-order valence-corrected chi connectivity index (χ0v) is 8.93. The zero-order valence-electron chi connectivity index (χ0n) is 8.93. The van der Waals surface area contributed by atoms with Gasteiger partial charge in [-0.25, -0.2) is 0 Å². The minimum atomic E-state index is -0.334. The van der Waals surface area contributed by atoms with E-state index in [-0.39, 0.29) is 10.6 Å². The highest BCUT2D eigenvalue weighted by Crippen LogP contribution is 2.34. The number of nitro benzene ring substituents is 1. The van der Waals surface area contributed by atoms with Crippen molar-refractivity contribution < 1.29 is 4.92 Å². The lowest BCUT2D eigenvalue weighted by Gasteiger charge is -2.22. The van der Waals surface area contributed by atoms with Gasteiger partial charge in [-0.3, -0.25) is 10.1 Å². The minimum Gasteiger partial charge on any atom is -0.369 e. The van der Waals surface area contributed by atoms with Gasteiger partial charge in [0.2, 0.25) is 0 Å². The SMILES string of the molecule is CCN1c2ccc([N+](=O)[O-])cc2CC1C. The molecule has 1 aliphatic heterocycles. The van der Waals surface area contributed by atoms with Gasteiger partial charge >= 0.3 is 0 Å². The van der Waals surface area contributed by atoms with Gasteiger partial charge in [-0.15, -0.1) is 0 Å². The smallest absolute Gasteiger partial charge is 0.269 e. The van der Waals surface area contributed by atoms with E-state index in [1.54, 1.807) is 12.1 Å². The number of anilines is 1. The van der Waals surface area contributed by atoms with Gasteiger partial charge in [-0.1, -0.05) is 0 Å². The molecule has 1 unspecified atom stereocenters. The van der Waals surface area contributed by atoms with E-state index in [1.165, 1.54) is 0 Å². The van der Waals surface area contributed by atoms with Crippen molar-refractivity contribution in [2.24, 2.45) is 0 Å². The van der Waals surface area contributed by atoms with Crippen LogP contribution in [0.5, 0.6) is 0 Å². The minimum absolute atomic E-state index is 0.193. The van der Waals surface area contributed by atoms with Crippen LogP contribution in [0.2, 0.25) is 0 Å². The topological polar surface area (TPSA) is 46.4 Å². The molecule has 0 aromatic heterocycles. The molecule has 1 atom stereocenters. The van der Waals surface area contributed by atoms with E-state index in [4.69, 9.17) is 0 Å². The standard InChI is InChI=1S/C11H14N2O2/c1-3-12-8(2)6-9-7-10(13(14)15)4-5-11(9)12/h4-5,7-8H,3,6H2,1-2H3. The molecule has 0 aliphatic carbocycles. The third-order valence-corrected chi connectivity index (χ3v) is 2.97. The van der Waals surface area contributed by atoms with Gasteiger partial charge in [0.05, 0.1) is 4.92 Å². The Labute approximate surface area is 88.7 Å². The van der Waals surface area contributed by atoms with Crippen LogP contribution in [0.3, 0.4) is 0 Å². The maximum Gasteiger partial charge on any atom is 0.269 e. The second-order valence-corrected chi connectivity index (χ2v) is 3.91. The molecule has 1 aliphatic rings. The molecule has 4 nitrogen and oxygen atoms in total. The fraction of sp³-hybridized carbons (Fsp3) is 0.455. The number of rotatable bonds is 2. The molecule has 1 heterocycles. The van der Waals surface area contributed by atoms with Crippen molar-refractivity contribution in [1.29, 1.82) is 0 Å². The molecule has 0 N–H and O–H groups in total. The molecular weight excluding hydrogens is 192 g/mol. The van der Waals surface area contributed by atoms with Crippen LogP contribution in [0, 0.1) is 10.1 Å². The van der Waals surface area contributed by atoms with E-state index in [0.717, 1.165) is 24.2 Å². The lowest BCUT2D eigenvalue weighted by molar-refractivity contribution is -0.384. The van der Waals surface area contributed by atoms with Crippen molar-refractivity contribution in [2.75, 3.05) is 11.4 Å². The lowest BCUT2D eigenvalue weighted by atomic mass is 10.1. The molecule has 4 heteroatoms. The molecule has 15 heavy (non-hydrogen) atoms.